The van der Waals surface area contributed by atoms with Crippen molar-refractivity contribution in [3.8, 4) is 5.75 Å². The highest BCUT2D eigenvalue weighted by Gasteiger charge is 2.39. The van der Waals surface area contributed by atoms with Crippen LogP contribution in [0.15, 0.2) is 27.8 Å². The van der Waals surface area contributed by atoms with Crippen LogP contribution in [0, 0.1) is 5.82 Å². The lowest BCUT2D eigenvalue weighted by Gasteiger charge is -2.38. The third-order valence-corrected chi connectivity index (χ3v) is 7.78. The van der Waals surface area contributed by atoms with Crippen LogP contribution in [0.3, 0.4) is 0 Å². The quantitative estimate of drug-likeness (QED) is 0.159. The van der Waals surface area contributed by atoms with E-state index in [1.807, 2.05) is 13.8 Å². The van der Waals surface area contributed by atoms with Crippen LogP contribution < -0.4 is 9.64 Å². The van der Waals surface area contributed by atoms with Gasteiger partial charge in [-0.3, -0.25) is 4.79 Å². The molecule has 1 aromatic carbocycles. The molecule has 1 saturated heterocycles. The zero-order valence-electron chi connectivity index (χ0n) is 23.0. The number of aromatic nitrogens is 2. The second-order valence-corrected chi connectivity index (χ2v) is 10.7. The molecule has 12 heteroatoms. The molecule has 0 N–H and O–H groups in total. The van der Waals surface area contributed by atoms with Crippen LogP contribution in [-0.4, -0.2) is 72.5 Å². The van der Waals surface area contributed by atoms with E-state index in [1.165, 1.54) is 6.07 Å². The summed E-state index contributed by atoms with van der Waals surface area (Å²) in [5.74, 6) is 0.644. The van der Waals surface area contributed by atoms with Gasteiger partial charge in [0, 0.05) is 49.1 Å². The fourth-order valence-electron chi connectivity index (χ4n) is 5.28. The van der Waals surface area contributed by atoms with Crippen molar-refractivity contribution >= 4 is 11.9 Å². The maximum absolute atomic E-state index is 14.8. The number of ether oxygens (including phenoxy) is 2. The summed E-state index contributed by atoms with van der Waals surface area (Å²) < 4.78 is 31.8. The molecule has 2 aliphatic rings. The molecule has 1 amide bonds. The van der Waals surface area contributed by atoms with Crippen molar-refractivity contribution in [1.82, 2.24) is 15.0 Å². The van der Waals surface area contributed by atoms with Gasteiger partial charge in [0.05, 0.1) is 19.1 Å². The Hall–Kier alpha value is -3.37. The van der Waals surface area contributed by atoms with Crippen LogP contribution in [0.4, 0.5) is 10.4 Å². The van der Waals surface area contributed by atoms with E-state index < -0.39 is 11.4 Å². The monoisotopic (exact) mass is 543 g/mol. The van der Waals surface area contributed by atoms with Gasteiger partial charge in [0.25, 0.3) is 0 Å². The van der Waals surface area contributed by atoms with E-state index >= 15 is 0 Å². The number of carbonyl (C=O) groups is 1. The molecule has 0 spiro atoms. The minimum Gasteiger partial charge on any atom is -0.491 e. The van der Waals surface area contributed by atoms with Gasteiger partial charge in [-0.15, -0.1) is 0 Å². The lowest BCUT2D eigenvalue weighted by atomic mass is 9.95. The summed E-state index contributed by atoms with van der Waals surface area (Å²) in [5.41, 5.74) is 8.57. The van der Waals surface area contributed by atoms with Gasteiger partial charge in [0.15, 0.2) is 5.82 Å². The van der Waals surface area contributed by atoms with Crippen LogP contribution in [-0.2, 0) is 16.0 Å². The van der Waals surface area contributed by atoms with Gasteiger partial charge in [0.2, 0.25) is 5.91 Å². The Bertz CT molecular complexity index is 1150. The summed E-state index contributed by atoms with van der Waals surface area (Å²) in [4.78, 5) is 24.0. The van der Waals surface area contributed by atoms with Crippen molar-refractivity contribution in [2.24, 2.45) is 5.11 Å². The van der Waals surface area contributed by atoms with Crippen molar-refractivity contribution in [2.75, 3.05) is 44.8 Å². The van der Waals surface area contributed by atoms with Crippen molar-refractivity contribution in [2.45, 2.75) is 76.4 Å². The van der Waals surface area contributed by atoms with Crippen LogP contribution in [0.2, 0.25) is 0 Å². The molecule has 1 aliphatic heterocycles. The van der Waals surface area contributed by atoms with Crippen molar-refractivity contribution in [1.29, 1.82) is 0 Å². The molecule has 1 saturated carbocycles. The topological polar surface area (TPSA) is 130 Å². The highest BCUT2D eigenvalue weighted by atomic mass is 19.1. The van der Waals surface area contributed by atoms with Gasteiger partial charge in [0.1, 0.15) is 18.2 Å². The maximum atomic E-state index is 14.8. The number of anilines is 1. The Labute approximate surface area is 228 Å². The number of carbonyl (C=O) groups excluding carboxylic acids is 1. The number of benzene rings is 1. The second-order valence-electron chi connectivity index (χ2n) is 10.7. The smallest absolute Gasteiger partial charge is 0.324 e. The molecule has 2 aromatic rings. The molecule has 2 heterocycles. The maximum Gasteiger partial charge on any atom is 0.324 e. The largest absolute Gasteiger partial charge is 0.491 e. The highest BCUT2D eigenvalue weighted by Crippen LogP contribution is 2.35. The number of rotatable bonds is 12. The van der Waals surface area contributed by atoms with Crippen LogP contribution >= 0.6 is 0 Å². The zero-order chi connectivity index (χ0) is 27.8. The molecule has 0 radical (unpaired) electrons. The summed E-state index contributed by atoms with van der Waals surface area (Å²) in [6.45, 7) is 6.54. The third-order valence-electron chi connectivity index (χ3n) is 7.78. The summed E-state index contributed by atoms with van der Waals surface area (Å²) in [6, 6.07) is 5.13. The van der Waals surface area contributed by atoms with Gasteiger partial charge in [-0.1, -0.05) is 43.0 Å². The number of likely N-dealkylation sites (N-methyl/N-ethyl adjacent to an activating group) is 1. The number of halogens is 1. The Kier molecular flexibility index (Phi) is 9.63. The molecule has 0 unspecified atom stereocenters. The summed E-state index contributed by atoms with van der Waals surface area (Å²) in [5, 5.41) is 7.75. The van der Waals surface area contributed by atoms with Crippen molar-refractivity contribution in [3.63, 3.8) is 0 Å². The van der Waals surface area contributed by atoms with Crippen LogP contribution in [0.5, 0.6) is 5.75 Å². The van der Waals surface area contributed by atoms with E-state index in [1.54, 1.807) is 24.1 Å². The number of nitrogens with zero attached hydrogens (tertiary/aromatic N) is 7. The lowest BCUT2D eigenvalue weighted by Crippen LogP contribution is -2.50. The van der Waals surface area contributed by atoms with Crippen molar-refractivity contribution in [3.05, 3.63) is 45.8 Å². The van der Waals surface area contributed by atoms with Crippen molar-refractivity contribution < 1.29 is 23.2 Å². The molecule has 0 atom stereocenters. The Balaban J connectivity index is 1.19. The first-order chi connectivity index (χ1) is 18.8. The summed E-state index contributed by atoms with van der Waals surface area (Å²) >= 11 is 0. The molecule has 0 bridgehead atoms. The van der Waals surface area contributed by atoms with Gasteiger partial charge in [-0.2, -0.15) is 4.98 Å². The van der Waals surface area contributed by atoms with E-state index in [0.29, 0.717) is 36.4 Å². The number of hydrogen-bond donors (Lipinski definition) is 0. The molecule has 212 valence electrons. The van der Waals surface area contributed by atoms with E-state index in [2.05, 4.69) is 25.1 Å². The fourth-order valence-corrected chi connectivity index (χ4v) is 5.28. The molecule has 11 nitrogen and oxygen atoms in total. The van der Waals surface area contributed by atoms with Gasteiger partial charge in [-0.25, -0.2) is 4.39 Å². The number of piperidine rings is 1. The molecule has 2 fully saturated rings. The fraction of sp³-hybridized carbons (Fsp3) is 0.667. The minimum absolute atomic E-state index is 0.0647. The molecule has 1 aliphatic carbocycles. The Morgan fingerprint density at radius 3 is 2.69 bits per heavy atom. The average Bonchev–Trinajstić information content (AvgIpc) is 3.62. The SMILES string of the molecule is CC(C)c1noc(N2CCC(OCCOc3ccc(CC(=O)N(C)C4(CN=[N+]=[N-])CCCC4)c(F)c3)CC2)n1. The number of amides is 1. The molecule has 39 heavy (non-hydrogen) atoms. The predicted molar refractivity (Wildman–Crippen MR) is 143 cm³/mol. The number of hydrogen-bond acceptors (Lipinski definition) is 8. The minimum atomic E-state index is -0.486. The Morgan fingerprint density at radius 1 is 1.31 bits per heavy atom. The van der Waals surface area contributed by atoms with E-state index in [0.717, 1.165) is 51.6 Å². The van der Waals surface area contributed by atoms with E-state index in [4.69, 9.17) is 19.5 Å². The zero-order valence-corrected chi connectivity index (χ0v) is 23.0. The highest BCUT2D eigenvalue weighted by molar-refractivity contribution is 5.79. The summed E-state index contributed by atoms with van der Waals surface area (Å²) in [7, 11) is 1.72. The standard InChI is InChI=1S/C27H38FN7O4/c1-19(2)25-31-26(39-32-25)35-12-8-21(9-13-35)37-14-15-38-22-7-6-20(23(28)17-22)16-24(36)34(3)27(18-30-33-29)10-4-5-11-27/h6-7,17,19,21H,4-5,8-16,18H2,1-3H3. The van der Waals surface area contributed by atoms with Gasteiger partial charge in [-0.05, 0) is 42.8 Å². The van der Waals surface area contributed by atoms with E-state index in [9.17, 15) is 9.18 Å². The first-order valence-electron chi connectivity index (χ1n) is 13.7. The van der Waals surface area contributed by atoms with Crippen LogP contribution in [0.25, 0.3) is 10.4 Å². The first kappa shape index (κ1) is 28.6. The van der Waals surface area contributed by atoms with Gasteiger partial charge < -0.3 is 23.8 Å². The molecular formula is C27H38FN7O4. The van der Waals surface area contributed by atoms with E-state index in [-0.39, 0.29) is 30.9 Å². The second kappa shape index (κ2) is 13.1. The first-order valence-corrected chi connectivity index (χ1v) is 13.7. The normalized spacial score (nSPS) is 17.3. The molecular weight excluding hydrogens is 505 g/mol. The molecule has 1 aromatic heterocycles. The number of azide groups is 1. The third kappa shape index (κ3) is 7.19. The van der Waals surface area contributed by atoms with Gasteiger partial charge >= 0.3 is 6.01 Å². The Morgan fingerprint density at radius 2 is 2.05 bits per heavy atom. The summed E-state index contributed by atoms with van der Waals surface area (Å²) in [6.07, 6.45) is 5.24. The predicted octanol–water partition coefficient (Wildman–Crippen LogP) is 5.02. The lowest BCUT2D eigenvalue weighted by molar-refractivity contribution is -0.134. The molecule has 4 rings (SSSR count). The van der Waals surface area contributed by atoms with Crippen LogP contribution in [0.1, 0.15) is 69.7 Å². The average molecular weight is 544 g/mol.